The summed E-state index contributed by atoms with van der Waals surface area (Å²) in [5.74, 6) is -0.00529. The van der Waals surface area contributed by atoms with E-state index in [-0.39, 0.29) is 17.3 Å². The third-order valence-electron chi connectivity index (χ3n) is 2.83. The van der Waals surface area contributed by atoms with Gasteiger partial charge in [-0.25, -0.2) is 0 Å². The predicted molar refractivity (Wildman–Crippen MR) is 72.3 cm³/mol. The lowest BCUT2D eigenvalue weighted by atomic mass is 10.1. The molecule has 0 spiro atoms. The normalized spacial score (nSPS) is 13.4. The fourth-order valence-corrected chi connectivity index (χ4v) is 2.16. The van der Waals surface area contributed by atoms with Crippen LogP contribution < -0.4 is 0 Å². The van der Waals surface area contributed by atoms with Crippen molar-refractivity contribution in [3.8, 4) is 11.5 Å². The quantitative estimate of drug-likeness (QED) is 0.875. The largest absolute Gasteiger partial charge is 0.416 e. The van der Waals surface area contributed by atoms with Crippen molar-refractivity contribution >= 4 is 15.9 Å². The van der Waals surface area contributed by atoms with Gasteiger partial charge < -0.3 is 9.63 Å². The van der Waals surface area contributed by atoms with Gasteiger partial charge in [0.15, 0.2) is 0 Å². The van der Waals surface area contributed by atoms with Crippen LogP contribution in [0.2, 0.25) is 0 Å². The highest BCUT2D eigenvalue weighted by Crippen LogP contribution is 2.35. The number of alkyl halides is 3. The van der Waals surface area contributed by atoms with Crippen LogP contribution in [-0.2, 0) is 6.18 Å². The Hall–Kier alpha value is -1.41. The first kappa shape index (κ1) is 16.0. The summed E-state index contributed by atoms with van der Waals surface area (Å²) in [6.45, 7) is 1.88. The first-order valence-electron chi connectivity index (χ1n) is 6.21. The Bertz CT molecular complexity index is 628. The molecule has 4 nitrogen and oxygen atoms in total. The number of rotatable bonds is 4. The second-order valence-corrected chi connectivity index (χ2v) is 5.31. The molecule has 21 heavy (non-hydrogen) atoms. The maximum absolute atomic E-state index is 12.7. The van der Waals surface area contributed by atoms with Crippen molar-refractivity contribution in [2.45, 2.75) is 32.0 Å². The molecule has 0 radical (unpaired) electrons. The fourth-order valence-electron chi connectivity index (χ4n) is 1.75. The molecular weight excluding hydrogens is 353 g/mol. The van der Waals surface area contributed by atoms with Crippen LogP contribution in [0.15, 0.2) is 27.2 Å². The summed E-state index contributed by atoms with van der Waals surface area (Å²) in [6.07, 6.45) is -4.18. The van der Waals surface area contributed by atoms with Crippen LogP contribution in [0.5, 0.6) is 0 Å². The third kappa shape index (κ3) is 3.62. The lowest BCUT2D eigenvalue weighted by molar-refractivity contribution is -0.137. The molecule has 1 atom stereocenters. The average molecular weight is 365 g/mol. The zero-order valence-electron chi connectivity index (χ0n) is 11.0. The van der Waals surface area contributed by atoms with Crippen molar-refractivity contribution in [1.82, 2.24) is 10.1 Å². The van der Waals surface area contributed by atoms with Gasteiger partial charge in [-0.05, 0) is 40.5 Å². The minimum Gasteiger partial charge on any atom is -0.385 e. The first-order valence-corrected chi connectivity index (χ1v) is 7.01. The zero-order chi connectivity index (χ0) is 15.6. The van der Waals surface area contributed by atoms with Crippen molar-refractivity contribution in [3.05, 3.63) is 34.1 Å². The van der Waals surface area contributed by atoms with Gasteiger partial charge in [0.05, 0.1) is 11.1 Å². The Labute approximate surface area is 127 Å². The highest BCUT2D eigenvalue weighted by Gasteiger charge is 2.31. The second-order valence-electron chi connectivity index (χ2n) is 4.45. The van der Waals surface area contributed by atoms with Crippen LogP contribution >= 0.6 is 15.9 Å². The zero-order valence-corrected chi connectivity index (χ0v) is 12.6. The molecule has 114 valence electrons. The lowest BCUT2D eigenvalue weighted by Crippen LogP contribution is -2.05. The van der Waals surface area contributed by atoms with E-state index >= 15 is 0 Å². The van der Waals surface area contributed by atoms with Crippen LogP contribution in [0.25, 0.3) is 11.5 Å². The molecule has 1 heterocycles. The number of aliphatic hydroxyl groups excluding tert-OH is 1. The Morgan fingerprint density at radius 3 is 2.71 bits per heavy atom. The first-order chi connectivity index (χ1) is 9.82. The summed E-state index contributed by atoms with van der Waals surface area (Å²) < 4.78 is 43.5. The molecule has 0 saturated carbocycles. The van der Waals surface area contributed by atoms with Crippen molar-refractivity contribution in [1.29, 1.82) is 0 Å². The summed E-state index contributed by atoms with van der Waals surface area (Å²) in [5.41, 5.74) is -0.679. The van der Waals surface area contributed by atoms with Crippen molar-refractivity contribution in [3.63, 3.8) is 0 Å². The monoisotopic (exact) mass is 364 g/mol. The molecular formula is C13H12BrF3N2O2. The van der Waals surface area contributed by atoms with Crippen LogP contribution in [0.4, 0.5) is 13.2 Å². The number of halogens is 4. The van der Waals surface area contributed by atoms with Gasteiger partial charge in [-0.3, -0.25) is 0 Å². The number of benzene rings is 1. The van der Waals surface area contributed by atoms with Gasteiger partial charge >= 0.3 is 6.18 Å². The van der Waals surface area contributed by atoms with Crippen LogP contribution in [-0.4, -0.2) is 15.2 Å². The molecule has 0 bridgehead atoms. The topological polar surface area (TPSA) is 59.2 Å². The van der Waals surface area contributed by atoms with Gasteiger partial charge in [0.1, 0.15) is 6.10 Å². The number of aliphatic hydroxyl groups is 1. The molecule has 1 aromatic carbocycles. The Kier molecular flexibility index (Phi) is 4.67. The fraction of sp³-hybridized carbons (Fsp3) is 0.385. The van der Waals surface area contributed by atoms with Gasteiger partial charge in [0.2, 0.25) is 5.82 Å². The molecule has 8 heteroatoms. The van der Waals surface area contributed by atoms with Gasteiger partial charge in [0.25, 0.3) is 5.89 Å². The Balaban J connectivity index is 2.38. The van der Waals surface area contributed by atoms with Crippen molar-refractivity contribution < 1.29 is 22.8 Å². The average Bonchev–Trinajstić information content (AvgIpc) is 2.87. The van der Waals surface area contributed by atoms with E-state index < -0.39 is 17.8 Å². The summed E-state index contributed by atoms with van der Waals surface area (Å²) in [4.78, 5) is 3.96. The van der Waals surface area contributed by atoms with Crippen molar-refractivity contribution in [2.24, 2.45) is 0 Å². The summed E-state index contributed by atoms with van der Waals surface area (Å²) in [5, 5.41) is 13.4. The highest BCUT2D eigenvalue weighted by atomic mass is 79.9. The molecule has 0 aliphatic carbocycles. The lowest BCUT2D eigenvalue weighted by Gasteiger charge is -2.08. The van der Waals surface area contributed by atoms with Gasteiger partial charge in [-0.1, -0.05) is 18.5 Å². The SMILES string of the molecule is CCCC(O)c1noc(-c2cc(C(F)(F)F)ccc2Br)n1. The van der Waals surface area contributed by atoms with E-state index in [0.717, 1.165) is 18.6 Å². The number of aromatic nitrogens is 2. The molecule has 1 unspecified atom stereocenters. The van der Waals surface area contributed by atoms with Crippen LogP contribution in [0, 0.1) is 0 Å². The highest BCUT2D eigenvalue weighted by molar-refractivity contribution is 9.10. The summed E-state index contributed by atoms with van der Waals surface area (Å²) >= 11 is 3.15. The van der Waals surface area contributed by atoms with Gasteiger partial charge in [-0.2, -0.15) is 18.2 Å². The molecule has 0 amide bonds. The molecule has 1 N–H and O–H groups in total. The predicted octanol–water partition coefficient (Wildman–Crippen LogP) is 4.35. The summed E-state index contributed by atoms with van der Waals surface area (Å²) in [7, 11) is 0. The molecule has 2 rings (SSSR count). The van der Waals surface area contributed by atoms with Crippen molar-refractivity contribution in [2.75, 3.05) is 0 Å². The van der Waals surface area contributed by atoms with E-state index in [0.29, 0.717) is 10.9 Å². The number of hydrogen-bond acceptors (Lipinski definition) is 4. The van der Waals surface area contributed by atoms with E-state index in [1.54, 1.807) is 0 Å². The molecule has 1 aromatic heterocycles. The van der Waals surface area contributed by atoms with E-state index in [4.69, 9.17) is 4.52 Å². The number of hydrogen-bond donors (Lipinski definition) is 1. The molecule has 2 aromatic rings. The van der Waals surface area contributed by atoms with E-state index in [2.05, 4.69) is 26.1 Å². The van der Waals surface area contributed by atoms with Gasteiger partial charge in [0, 0.05) is 4.47 Å². The third-order valence-corrected chi connectivity index (χ3v) is 3.52. The molecule has 0 aliphatic rings. The van der Waals surface area contributed by atoms with Crippen LogP contribution in [0.3, 0.4) is 0 Å². The minimum atomic E-state index is -4.46. The van der Waals surface area contributed by atoms with E-state index in [1.807, 2.05) is 6.92 Å². The number of nitrogens with zero attached hydrogens (tertiary/aromatic N) is 2. The standard InChI is InChI=1S/C13H12BrF3N2O2/c1-2-3-10(20)11-18-12(21-19-11)8-6-7(13(15,16)17)4-5-9(8)14/h4-6,10,20H,2-3H2,1H3. The Morgan fingerprint density at radius 2 is 2.10 bits per heavy atom. The minimum absolute atomic E-state index is 0.0659. The van der Waals surface area contributed by atoms with E-state index in [9.17, 15) is 18.3 Å². The maximum Gasteiger partial charge on any atom is 0.416 e. The van der Waals surface area contributed by atoms with Gasteiger partial charge in [-0.15, -0.1) is 0 Å². The Morgan fingerprint density at radius 1 is 1.38 bits per heavy atom. The molecule has 0 fully saturated rings. The second kappa shape index (κ2) is 6.15. The summed E-state index contributed by atoms with van der Waals surface area (Å²) in [6, 6.07) is 3.15. The molecule has 0 aliphatic heterocycles. The van der Waals surface area contributed by atoms with E-state index in [1.165, 1.54) is 6.07 Å². The smallest absolute Gasteiger partial charge is 0.385 e. The van der Waals surface area contributed by atoms with Crippen LogP contribution in [0.1, 0.15) is 37.3 Å². The maximum atomic E-state index is 12.7. The molecule has 0 saturated heterocycles.